The summed E-state index contributed by atoms with van der Waals surface area (Å²) in [5.41, 5.74) is 0.461. The molecule has 4 aliphatic rings. The summed E-state index contributed by atoms with van der Waals surface area (Å²) in [5.74, 6) is 2.02. The maximum atomic E-state index is 12.7. The van der Waals surface area contributed by atoms with Gasteiger partial charge in [0.1, 0.15) is 0 Å². The predicted octanol–water partition coefficient (Wildman–Crippen LogP) is 2.71. The van der Waals surface area contributed by atoms with E-state index in [1.54, 1.807) is 0 Å². The third kappa shape index (κ3) is 2.61. The van der Waals surface area contributed by atoms with Crippen LogP contribution in [0.3, 0.4) is 0 Å². The first kappa shape index (κ1) is 14.4. The van der Waals surface area contributed by atoms with Gasteiger partial charge in [0, 0.05) is 6.54 Å². The summed E-state index contributed by atoms with van der Waals surface area (Å²) in [4.78, 5) is 12.7. The van der Waals surface area contributed by atoms with E-state index in [9.17, 15) is 4.79 Å². The van der Waals surface area contributed by atoms with E-state index in [0.29, 0.717) is 11.3 Å². The Morgan fingerprint density at radius 2 is 1.85 bits per heavy atom. The zero-order chi connectivity index (χ0) is 14.2. The van der Waals surface area contributed by atoms with E-state index in [1.165, 1.54) is 19.3 Å². The summed E-state index contributed by atoms with van der Waals surface area (Å²) >= 11 is 0. The number of hydrogen-bond donors (Lipinski definition) is 2. The Balaban J connectivity index is 1.57. The number of hydrogen-bond acceptors (Lipinski definition) is 2. The summed E-state index contributed by atoms with van der Waals surface area (Å²) in [7, 11) is 0. The molecule has 114 valence electrons. The second-order valence-electron chi connectivity index (χ2n) is 8.02. The van der Waals surface area contributed by atoms with Crippen LogP contribution in [0, 0.1) is 22.7 Å². The second kappa shape index (κ2) is 5.32. The minimum Gasteiger partial charge on any atom is -0.356 e. The molecule has 3 heteroatoms. The van der Waals surface area contributed by atoms with Gasteiger partial charge in [-0.15, -0.1) is 0 Å². The van der Waals surface area contributed by atoms with Crippen molar-refractivity contribution in [3.05, 3.63) is 0 Å². The summed E-state index contributed by atoms with van der Waals surface area (Å²) in [5, 5.41) is 6.55. The lowest BCUT2D eigenvalue weighted by Gasteiger charge is -2.60. The second-order valence-corrected chi connectivity index (χ2v) is 8.02. The summed E-state index contributed by atoms with van der Waals surface area (Å²) in [6, 6.07) is 0. The van der Waals surface area contributed by atoms with E-state index in [0.717, 1.165) is 57.2 Å². The van der Waals surface area contributed by atoms with E-state index < -0.39 is 0 Å². The van der Waals surface area contributed by atoms with Crippen LogP contribution >= 0.6 is 0 Å². The van der Waals surface area contributed by atoms with Gasteiger partial charge in [-0.2, -0.15) is 0 Å². The average Bonchev–Trinajstić information content (AvgIpc) is 2.35. The number of amides is 1. The van der Waals surface area contributed by atoms with E-state index in [1.807, 2.05) is 0 Å². The smallest absolute Gasteiger partial charge is 0.226 e. The minimum atomic E-state index is -0.00296. The topological polar surface area (TPSA) is 41.1 Å². The fourth-order valence-corrected chi connectivity index (χ4v) is 5.77. The lowest BCUT2D eigenvalue weighted by atomic mass is 9.44. The van der Waals surface area contributed by atoms with Gasteiger partial charge >= 0.3 is 0 Å². The fraction of sp³-hybridized carbons (Fsp3) is 0.941. The van der Waals surface area contributed by atoms with Crippen LogP contribution in [-0.4, -0.2) is 25.5 Å². The lowest BCUT2D eigenvalue weighted by molar-refractivity contribution is -0.155. The summed E-state index contributed by atoms with van der Waals surface area (Å²) < 4.78 is 0. The molecule has 2 atom stereocenters. The van der Waals surface area contributed by atoms with Crippen molar-refractivity contribution in [2.45, 2.75) is 58.8 Å². The van der Waals surface area contributed by atoms with Crippen molar-refractivity contribution >= 4 is 5.91 Å². The molecule has 1 amide bonds. The first-order chi connectivity index (χ1) is 9.55. The Bertz CT molecular complexity index is 365. The summed E-state index contributed by atoms with van der Waals surface area (Å²) in [6.45, 7) is 7.40. The zero-order valence-corrected chi connectivity index (χ0v) is 13.1. The highest BCUT2D eigenvalue weighted by Crippen LogP contribution is 2.65. The fourth-order valence-electron chi connectivity index (χ4n) is 5.77. The highest BCUT2D eigenvalue weighted by molar-refractivity contribution is 5.83. The molecule has 4 saturated carbocycles. The molecule has 0 heterocycles. The molecule has 0 aliphatic heterocycles. The normalized spacial score (nSPS) is 41.9. The van der Waals surface area contributed by atoms with Crippen molar-refractivity contribution in [3.8, 4) is 0 Å². The lowest BCUT2D eigenvalue weighted by Crippen LogP contribution is -2.56. The quantitative estimate of drug-likeness (QED) is 0.734. The molecule has 4 fully saturated rings. The molecular formula is C17H30N2O. The minimum absolute atomic E-state index is 0.00296. The molecule has 0 aromatic heterocycles. The Morgan fingerprint density at radius 1 is 1.15 bits per heavy atom. The molecule has 4 rings (SSSR count). The van der Waals surface area contributed by atoms with Crippen LogP contribution in [0.25, 0.3) is 0 Å². The van der Waals surface area contributed by atoms with E-state index in [-0.39, 0.29) is 5.41 Å². The number of nitrogens with one attached hydrogen (secondary N) is 2. The van der Waals surface area contributed by atoms with E-state index in [4.69, 9.17) is 0 Å². The molecule has 0 aromatic carbocycles. The van der Waals surface area contributed by atoms with Crippen LogP contribution in [0.4, 0.5) is 0 Å². The zero-order valence-electron chi connectivity index (χ0n) is 13.1. The molecule has 0 aromatic rings. The Morgan fingerprint density at radius 3 is 2.45 bits per heavy atom. The maximum Gasteiger partial charge on any atom is 0.226 e. The van der Waals surface area contributed by atoms with Crippen molar-refractivity contribution in [1.82, 2.24) is 10.6 Å². The maximum absolute atomic E-state index is 12.7. The molecule has 0 spiro atoms. The molecule has 2 unspecified atom stereocenters. The molecule has 3 nitrogen and oxygen atoms in total. The largest absolute Gasteiger partial charge is 0.356 e. The van der Waals surface area contributed by atoms with E-state index in [2.05, 4.69) is 24.5 Å². The van der Waals surface area contributed by atoms with Gasteiger partial charge < -0.3 is 10.6 Å². The standard InChI is InChI=1S/C17H30N2O/c1-3-18-5-4-6-19-15(20)17-10-13-7-14(11-17)9-16(2,8-13)12-17/h13-14,18H,3-12H2,1-2H3,(H,19,20). The van der Waals surface area contributed by atoms with Crippen LogP contribution in [0.15, 0.2) is 0 Å². The Labute approximate surface area is 123 Å². The molecular weight excluding hydrogens is 248 g/mol. The van der Waals surface area contributed by atoms with Crippen molar-refractivity contribution in [3.63, 3.8) is 0 Å². The van der Waals surface area contributed by atoms with Gasteiger partial charge in [-0.05, 0) is 75.3 Å². The molecule has 4 bridgehead atoms. The number of carbonyl (C=O) groups is 1. The van der Waals surface area contributed by atoms with Gasteiger partial charge in [-0.3, -0.25) is 4.79 Å². The third-order valence-electron chi connectivity index (χ3n) is 5.90. The third-order valence-corrected chi connectivity index (χ3v) is 5.90. The van der Waals surface area contributed by atoms with Crippen molar-refractivity contribution in [2.75, 3.05) is 19.6 Å². The monoisotopic (exact) mass is 278 g/mol. The first-order valence-electron chi connectivity index (χ1n) is 8.54. The molecule has 2 N–H and O–H groups in total. The van der Waals surface area contributed by atoms with Crippen LogP contribution < -0.4 is 10.6 Å². The predicted molar refractivity (Wildman–Crippen MR) is 81.4 cm³/mol. The highest BCUT2D eigenvalue weighted by Gasteiger charge is 2.58. The molecule has 4 aliphatic carbocycles. The van der Waals surface area contributed by atoms with Gasteiger partial charge in [-0.25, -0.2) is 0 Å². The number of rotatable bonds is 6. The summed E-state index contributed by atoms with van der Waals surface area (Å²) in [6.07, 6.45) is 8.66. The SMILES string of the molecule is CCNCCCNC(=O)C12CC3CC(CC(C)(C3)C1)C2. The Hall–Kier alpha value is -0.570. The van der Waals surface area contributed by atoms with Crippen molar-refractivity contribution < 1.29 is 4.79 Å². The Kier molecular flexibility index (Phi) is 3.83. The van der Waals surface area contributed by atoms with Crippen LogP contribution in [0.2, 0.25) is 0 Å². The number of carbonyl (C=O) groups excluding carboxylic acids is 1. The van der Waals surface area contributed by atoms with Gasteiger partial charge in [0.25, 0.3) is 0 Å². The first-order valence-corrected chi connectivity index (χ1v) is 8.54. The van der Waals surface area contributed by atoms with E-state index >= 15 is 0 Å². The van der Waals surface area contributed by atoms with Crippen molar-refractivity contribution in [2.24, 2.45) is 22.7 Å². The average molecular weight is 278 g/mol. The van der Waals surface area contributed by atoms with Gasteiger partial charge in [0.15, 0.2) is 0 Å². The molecule has 20 heavy (non-hydrogen) atoms. The highest BCUT2D eigenvalue weighted by atomic mass is 16.2. The van der Waals surface area contributed by atoms with Gasteiger partial charge in [0.2, 0.25) is 5.91 Å². The van der Waals surface area contributed by atoms with Crippen LogP contribution in [-0.2, 0) is 4.79 Å². The van der Waals surface area contributed by atoms with Crippen LogP contribution in [0.5, 0.6) is 0 Å². The van der Waals surface area contributed by atoms with Crippen LogP contribution in [0.1, 0.15) is 58.8 Å². The molecule has 0 radical (unpaired) electrons. The van der Waals surface area contributed by atoms with Gasteiger partial charge in [-0.1, -0.05) is 13.8 Å². The molecule has 0 saturated heterocycles. The van der Waals surface area contributed by atoms with Gasteiger partial charge in [0.05, 0.1) is 5.41 Å². The van der Waals surface area contributed by atoms with Crippen molar-refractivity contribution in [1.29, 1.82) is 0 Å².